The summed E-state index contributed by atoms with van der Waals surface area (Å²) >= 11 is 0. The summed E-state index contributed by atoms with van der Waals surface area (Å²) in [6.07, 6.45) is 1.18. The van der Waals surface area contributed by atoms with Crippen LogP contribution in [-0.4, -0.2) is 31.6 Å². The molecule has 0 spiro atoms. The highest BCUT2D eigenvalue weighted by Gasteiger charge is 2.37. The van der Waals surface area contributed by atoms with E-state index in [0.717, 1.165) is 5.56 Å². The van der Waals surface area contributed by atoms with E-state index in [1.54, 1.807) is 24.3 Å². The number of nitrogens with two attached hydrogens (primary N) is 1. The topological polar surface area (TPSA) is 87.2 Å². The molecule has 1 aliphatic heterocycles. The van der Waals surface area contributed by atoms with Crippen LogP contribution in [0.25, 0.3) is 0 Å². The minimum Gasteiger partial charge on any atom is -0.387 e. The van der Waals surface area contributed by atoms with Crippen LogP contribution in [0.15, 0.2) is 29.2 Å². The third kappa shape index (κ3) is 2.71. The predicted octanol–water partition coefficient (Wildman–Crippen LogP) is 1.72. The van der Waals surface area contributed by atoms with Gasteiger partial charge in [0.05, 0.1) is 10.7 Å². The van der Waals surface area contributed by atoms with E-state index in [0.29, 0.717) is 30.8 Å². The molecular formula is C14H21N3O2S. The summed E-state index contributed by atoms with van der Waals surface area (Å²) in [7, 11) is -3.43. The molecule has 6 heteroatoms. The number of benzene rings is 1. The van der Waals surface area contributed by atoms with E-state index in [1.165, 1.54) is 4.31 Å². The molecule has 20 heavy (non-hydrogen) atoms. The lowest BCUT2D eigenvalue weighted by Gasteiger charge is -2.37. The molecule has 110 valence electrons. The van der Waals surface area contributed by atoms with Gasteiger partial charge < -0.3 is 5.73 Å². The first-order valence-corrected chi connectivity index (χ1v) is 8.11. The van der Waals surface area contributed by atoms with Crippen molar-refractivity contribution in [3.63, 3.8) is 0 Å². The second-order valence-electron chi connectivity index (χ2n) is 5.69. The molecule has 0 bridgehead atoms. The Kier molecular flexibility index (Phi) is 3.88. The summed E-state index contributed by atoms with van der Waals surface area (Å²) in [5.41, 5.74) is 6.26. The number of nitrogens with one attached hydrogen (secondary N) is 1. The van der Waals surface area contributed by atoms with Crippen LogP contribution in [0.4, 0.5) is 0 Å². The van der Waals surface area contributed by atoms with Crippen LogP contribution in [0.2, 0.25) is 0 Å². The van der Waals surface area contributed by atoms with Crippen LogP contribution in [0.1, 0.15) is 25.3 Å². The number of hydrogen-bond donors (Lipinski definition) is 2. The monoisotopic (exact) mass is 295 g/mol. The van der Waals surface area contributed by atoms with Crippen molar-refractivity contribution in [3.05, 3.63) is 29.8 Å². The zero-order valence-corrected chi connectivity index (χ0v) is 12.7. The van der Waals surface area contributed by atoms with E-state index in [9.17, 15) is 8.42 Å². The predicted molar refractivity (Wildman–Crippen MR) is 79.2 cm³/mol. The van der Waals surface area contributed by atoms with Crippen LogP contribution < -0.4 is 5.73 Å². The molecule has 0 aliphatic carbocycles. The SMILES string of the molecule is Cc1ccc(S(=O)(=O)N2CCC(C)(C(=N)N)CC2)cc1. The Morgan fingerprint density at radius 3 is 2.20 bits per heavy atom. The van der Waals surface area contributed by atoms with Crippen molar-refractivity contribution >= 4 is 15.9 Å². The van der Waals surface area contributed by atoms with Gasteiger partial charge in [-0.2, -0.15) is 4.31 Å². The zero-order valence-electron chi connectivity index (χ0n) is 11.9. The van der Waals surface area contributed by atoms with Crippen molar-refractivity contribution in [3.8, 4) is 0 Å². The standard InChI is InChI=1S/C14H21N3O2S/c1-11-3-5-12(6-4-11)20(18,19)17-9-7-14(2,8-10-17)13(15)16/h3-6H,7-10H2,1-2H3,(H3,15,16). The van der Waals surface area contributed by atoms with Crippen molar-refractivity contribution in [2.75, 3.05) is 13.1 Å². The van der Waals surface area contributed by atoms with Crippen molar-refractivity contribution in [1.29, 1.82) is 5.41 Å². The van der Waals surface area contributed by atoms with Gasteiger partial charge in [0.2, 0.25) is 10.0 Å². The van der Waals surface area contributed by atoms with Crippen molar-refractivity contribution in [2.45, 2.75) is 31.6 Å². The van der Waals surface area contributed by atoms with Gasteiger partial charge in [-0.05, 0) is 31.9 Å². The van der Waals surface area contributed by atoms with Gasteiger partial charge in [-0.15, -0.1) is 0 Å². The molecule has 2 rings (SSSR count). The van der Waals surface area contributed by atoms with E-state index >= 15 is 0 Å². The molecule has 0 saturated carbocycles. The Labute approximate surface area is 120 Å². The first-order valence-electron chi connectivity index (χ1n) is 6.67. The summed E-state index contributed by atoms with van der Waals surface area (Å²) in [6, 6.07) is 6.89. The highest BCUT2D eigenvalue weighted by molar-refractivity contribution is 7.89. The normalized spacial score (nSPS) is 19.7. The Morgan fingerprint density at radius 2 is 1.75 bits per heavy atom. The Hall–Kier alpha value is -1.40. The van der Waals surface area contributed by atoms with Gasteiger partial charge >= 0.3 is 0 Å². The summed E-state index contributed by atoms with van der Waals surface area (Å²) in [5, 5.41) is 7.60. The van der Waals surface area contributed by atoms with Gasteiger partial charge in [-0.25, -0.2) is 8.42 Å². The second-order valence-corrected chi connectivity index (χ2v) is 7.63. The lowest BCUT2D eigenvalue weighted by atomic mass is 9.80. The number of piperidine rings is 1. The average molecular weight is 295 g/mol. The average Bonchev–Trinajstić information content (AvgIpc) is 2.39. The highest BCUT2D eigenvalue weighted by atomic mass is 32.2. The van der Waals surface area contributed by atoms with Crippen LogP contribution in [0.5, 0.6) is 0 Å². The molecule has 0 amide bonds. The highest BCUT2D eigenvalue weighted by Crippen LogP contribution is 2.32. The zero-order chi connectivity index (χ0) is 15.0. The fourth-order valence-corrected chi connectivity index (χ4v) is 3.79. The van der Waals surface area contributed by atoms with Gasteiger partial charge in [-0.1, -0.05) is 24.6 Å². The Bertz CT molecular complexity index is 600. The van der Waals surface area contributed by atoms with Gasteiger partial charge in [0.25, 0.3) is 0 Å². The van der Waals surface area contributed by atoms with E-state index < -0.39 is 10.0 Å². The maximum absolute atomic E-state index is 12.5. The molecule has 0 unspecified atom stereocenters. The third-order valence-electron chi connectivity index (χ3n) is 4.13. The number of rotatable bonds is 3. The summed E-state index contributed by atoms with van der Waals surface area (Å²) < 4.78 is 26.5. The lowest BCUT2D eigenvalue weighted by molar-refractivity contribution is 0.240. The molecule has 0 atom stereocenters. The number of aryl methyl sites for hydroxylation is 1. The van der Waals surface area contributed by atoms with Crippen LogP contribution in [0, 0.1) is 17.7 Å². The number of nitrogens with zero attached hydrogens (tertiary/aromatic N) is 1. The molecule has 5 nitrogen and oxygen atoms in total. The Morgan fingerprint density at radius 1 is 1.25 bits per heavy atom. The molecule has 1 aromatic carbocycles. The minimum atomic E-state index is -3.43. The molecule has 1 aliphatic rings. The number of hydrogen-bond acceptors (Lipinski definition) is 3. The van der Waals surface area contributed by atoms with Crippen LogP contribution >= 0.6 is 0 Å². The van der Waals surface area contributed by atoms with Crippen LogP contribution in [-0.2, 0) is 10.0 Å². The minimum absolute atomic E-state index is 0.143. The van der Waals surface area contributed by atoms with E-state index in [4.69, 9.17) is 11.1 Å². The van der Waals surface area contributed by atoms with Crippen molar-refractivity contribution in [2.24, 2.45) is 11.1 Å². The van der Waals surface area contributed by atoms with Gasteiger partial charge in [0.1, 0.15) is 0 Å². The Balaban J connectivity index is 2.17. The van der Waals surface area contributed by atoms with E-state index in [-0.39, 0.29) is 11.3 Å². The van der Waals surface area contributed by atoms with Crippen LogP contribution in [0.3, 0.4) is 0 Å². The summed E-state index contributed by atoms with van der Waals surface area (Å²) in [4.78, 5) is 0.328. The van der Waals surface area contributed by atoms with Gasteiger partial charge in [-0.3, -0.25) is 5.41 Å². The maximum atomic E-state index is 12.5. The lowest BCUT2D eigenvalue weighted by Crippen LogP contribution is -2.47. The first kappa shape index (κ1) is 15.0. The maximum Gasteiger partial charge on any atom is 0.243 e. The molecule has 1 saturated heterocycles. The summed E-state index contributed by atoms with van der Waals surface area (Å²) in [5.74, 6) is 0.143. The third-order valence-corrected chi connectivity index (χ3v) is 6.05. The number of sulfonamides is 1. The fourth-order valence-electron chi connectivity index (χ4n) is 2.35. The first-order chi connectivity index (χ1) is 9.25. The molecule has 0 radical (unpaired) electrons. The fraction of sp³-hybridized carbons (Fsp3) is 0.500. The molecule has 3 N–H and O–H groups in total. The largest absolute Gasteiger partial charge is 0.387 e. The van der Waals surface area contributed by atoms with Gasteiger partial charge in [0, 0.05) is 18.5 Å². The second kappa shape index (κ2) is 5.18. The quantitative estimate of drug-likeness (QED) is 0.657. The molecule has 0 aromatic heterocycles. The number of amidine groups is 1. The molecular weight excluding hydrogens is 274 g/mol. The molecule has 1 heterocycles. The summed E-state index contributed by atoms with van der Waals surface area (Å²) in [6.45, 7) is 4.67. The van der Waals surface area contributed by atoms with E-state index in [1.807, 2.05) is 13.8 Å². The van der Waals surface area contributed by atoms with Gasteiger partial charge in [0.15, 0.2) is 0 Å². The molecule has 1 aromatic rings. The van der Waals surface area contributed by atoms with E-state index in [2.05, 4.69) is 0 Å². The molecule has 1 fully saturated rings. The van der Waals surface area contributed by atoms with Crippen molar-refractivity contribution in [1.82, 2.24) is 4.31 Å². The smallest absolute Gasteiger partial charge is 0.243 e. The van der Waals surface area contributed by atoms with Crippen molar-refractivity contribution < 1.29 is 8.42 Å².